The van der Waals surface area contributed by atoms with Crippen LogP contribution in [0.15, 0.2) is 36.4 Å². The predicted molar refractivity (Wildman–Crippen MR) is 72.5 cm³/mol. The number of benzene rings is 1. The number of nitrogens with zero attached hydrogens (tertiary/aromatic N) is 1. The molecule has 2 aromatic rings. The van der Waals surface area contributed by atoms with E-state index < -0.39 is 0 Å². The van der Waals surface area contributed by atoms with Crippen molar-refractivity contribution in [1.82, 2.24) is 4.98 Å². The lowest BCUT2D eigenvalue weighted by Crippen LogP contribution is -2.14. The van der Waals surface area contributed by atoms with Gasteiger partial charge in [-0.05, 0) is 49.7 Å². The summed E-state index contributed by atoms with van der Waals surface area (Å²) in [6, 6.07) is 10.7. The molecule has 0 aliphatic rings. The smallest absolute Gasteiger partial charge is 0.257 e. The van der Waals surface area contributed by atoms with E-state index in [0.29, 0.717) is 17.1 Å². The molecule has 4 nitrogen and oxygen atoms in total. The molecule has 0 atom stereocenters. The van der Waals surface area contributed by atoms with E-state index in [1.807, 2.05) is 26.0 Å². The molecule has 1 amide bonds. The molecular weight excluding hydrogens is 226 g/mol. The number of aromatic nitrogens is 1. The first-order valence-electron chi connectivity index (χ1n) is 5.67. The number of carbonyl (C=O) groups is 1. The van der Waals surface area contributed by atoms with Crippen LogP contribution < -0.4 is 11.1 Å². The van der Waals surface area contributed by atoms with Crippen molar-refractivity contribution in [3.05, 3.63) is 53.2 Å². The van der Waals surface area contributed by atoms with Crippen LogP contribution in [0.5, 0.6) is 0 Å². The summed E-state index contributed by atoms with van der Waals surface area (Å²) in [5.74, 6) is 0.377. The minimum Gasteiger partial charge on any atom is -0.399 e. The van der Waals surface area contributed by atoms with E-state index in [0.717, 1.165) is 11.3 Å². The second-order valence-electron chi connectivity index (χ2n) is 4.19. The van der Waals surface area contributed by atoms with Gasteiger partial charge in [0.2, 0.25) is 0 Å². The molecule has 0 spiro atoms. The van der Waals surface area contributed by atoms with Gasteiger partial charge in [-0.1, -0.05) is 6.07 Å². The van der Waals surface area contributed by atoms with Crippen LogP contribution in [0.4, 0.5) is 11.5 Å². The maximum absolute atomic E-state index is 12.1. The molecule has 0 aliphatic heterocycles. The highest BCUT2D eigenvalue weighted by Gasteiger charge is 2.09. The highest BCUT2D eigenvalue weighted by molar-refractivity contribution is 6.05. The van der Waals surface area contributed by atoms with Crippen LogP contribution in [0.3, 0.4) is 0 Å². The summed E-state index contributed by atoms with van der Waals surface area (Å²) in [6.07, 6.45) is 0. The number of nitrogens with one attached hydrogen (secondary N) is 1. The van der Waals surface area contributed by atoms with E-state index in [4.69, 9.17) is 5.73 Å². The number of carbonyl (C=O) groups excluding carboxylic acids is 1. The molecule has 0 saturated carbocycles. The Bertz CT molecular complexity index is 593. The van der Waals surface area contributed by atoms with E-state index in [1.165, 1.54) is 0 Å². The lowest BCUT2D eigenvalue weighted by molar-refractivity contribution is 0.102. The summed E-state index contributed by atoms with van der Waals surface area (Å²) in [7, 11) is 0. The van der Waals surface area contributed by atoms with Crippen LogP contribution in [-0.4, -0.2) is 10.9 Å². The van der Waals surface area contributed by atoms with Gasteiger partial charge in [0.05, 0.1) is 0 Å². The van der Waals surface area contributed by atoms with Gasteiger partial charge in [-0.3, -0.25) is 4.79 Å². The van der Waals surface area contributed by atoms with Crippen LogP contribution in [0.25, 0.3) is 0 Å². The predicted octanol–water partition coefficient (Wildman–Crippen LogP) is 2.53. The summed E-state index contributed by atoms with van der Waals surface area (Å²) < 4.78 is 0. The van der Waals surface area contributed by atoms with E-state index in [2.05, 4.69) is 10.3 Å². The molecule has 0 radical (unpaired) electrons. The Morgan fingerprint density at radius 2 is 2.00 bits per heavy atom. The van der Waals surface area contributed by atoms with Crippen LogP contribution >= 0.6 is 0 Å². The normalized spacial score (nSPS) is 10.1. The van der Waals surface area contributed by atoms with Gasteiger partial charge < -0.3 is 11.1 Å². The largest absolute Gasteiger partial charge is 0.399 e. The van der Waals surface area contributed by atoms with E-state index >= 15 is 0 Å². The second kappa shape index (κ2) is 4.87. The van der Waals surface area contributed by atoms with Crippen molar-refractivity contribution in [3.8, 4) is 0 Å². The molecule has 0 saturated heterocycles. The Hall–Kier alpha value is -2.36. The number of pyridine rings is 1. The number of nitrogen functional groups attached to an aromatic ring is 1. The third-order valence-electron chi connectivity index (χ3n) is 2.63. The molecule has 0 unspecified atom stereocenters. The number of hydrogen-bond donors (Lipinski definition) is 2. The van der Waals surface area contributed by atoms with Gasteiger partial charge in [-0.2, -0.15) is 0 Å². The SMILES string of the molecule is Cc1cccc(NC(=O)c2ccc(N)cc2C)n1. The van der Waals surface area contributed by atoms with E-state index in [9.17, 15) is 4.79 Å². The first-order chi connectivity index (χ1) is 8.56. The van der Waals surface area contributed by atoms with Gasteiger partial charge in [0.15, 0.2) is 0 Å². The highest BCUT2D eigenvalue weighted by atomic mass is 16.1. The summed E-state index contributed by atoms with van der Waals surface area (Å²) >= 11 is 0. The van der Waals surface area contributed by atoms with Crippen molar-refractivity contribution in [2.75, 3.05) is 11.1 Å². The van der Waals surface area contributed by atoms with Crippen molar-refractivity contribution in [3.63, 3.8) is 0 Å². The summed E-state index contributed by atoms with van der Waals surface area (Å²) in [5.41, 5.74) is 8.62. The zero-order chi connectivity index (χ0) is 13.1. The summed E-state index contributed by atoms with van der Waals surface area (Å²) in [4.78, 5) is 16.3. The van der Waals surface area contributed by atoms with Crippen LogP contribution in [0.2, 0.25) is 0 Å². The first-order valence-corrected chi connectivity index (χ1v) is 5.67. The van der Waals surface area contributed by atoms with Crippen LogP contribution in [0.1, 0.15) is 21.6 Å². The monoisotopic (exact) mass is 241 g/mol. The Kier molecular flexibility index (Phi) is 3.28. The lowest BCUT2D eigenvalue weighted by Gasteiger charge is -2.08. The third-order valence-corrected chi connectivity index (χ3v) is 2.63. The van der Waals surface area contributed by atoms with Gasteiger partial charge >= 0.3 is 0 Å². The molecular formula is C14H15N3O. The molecule has 18 heavy (non-hydrogen) atoms. The molecule has 1 aromatic heterocycles. The topological polar surface area (TPSA) is 68.0 Å². The third kappa shape index (κ3) is 2.66. The first kappa shape index (κ1) is 12.1. The fourth-order valence-corrected chi connectivity index (χ4v) is 1.74. The quantitative estimate of drug-likeness (QED) is 0.794. The average Bonchev–Trinajstić information content (AvgIpc) is 2.28. The Labute approximate surface area is 106 Å². The number of nitrogens with two attached hydrogens (primary N) is 1. The molecule has 1 heterocycles. The maximum Gasteiger partial charge on any atom is 0.257 e. The van der Waals surface area contributed by atoms with E-state index in [1.54, 1.807) is 24.3 Å². The maximum atomic E-state index is 12.1. The molecule has 0 bridgehead atoms. The van der Waals surface area contributed by atoms with Crippen LogP contribution in [0, 0.1) is 13.8 Å². The zero-order valence-corrected chi connectivity index (χ0v) is 10.4. The number of amides is 1. The standard InChI is InChI=1S/C14H15N3O/c1-9-8-11(15)6-7-12(9)14(18)17-13-5-3-4-10(2)16-13/h3-8H,15H2,1-2H3,(H,16,17,18). The minimum atomic E-state index is -0.175. The van der Waals surface area contributed by atoms with Gasteiger partial charge in [-0.25, -0.2) is 4.98 Å². The zero-order valence-electron chi connectivity index (χ0n) is 10.4. The van der Waals surface area contributed by atoms with Crippen molar-refractivity contribution in [2.24, 2.45) is 0 Å². The molecule has 3 N–H and O–H groups in total. The molecule has 0 aliphatic carbocycles. The Morgan fingerprint density at radius 1 is 1.22 bits per heavy atom. The molecule has 1 aromatic carbocycles. The number of rotatable bonds is 2. The van der Waals surface area contributed by atoms with Crippen molar-refractivity contribution in [1.29, 1.82) is 0 Å². The average molecular weight is 241 g/mol. The van der Waals surface area contributed by atoms with Gasteiger partial charge in [0.1, 0.15) is 5.82 Å². The fourth-order valence-electron chi connectivity index (χ4n) is 1.74. The van der Waals surface area contributed by atoms with Gasteiger partial charge in [0.25, 0.3) is 5.91 Å². The fraction of sp³-hybridized carbons (Fsp3) is 0.143. The van der Waals surface area contributed by atoms with Gasteiger partial charge in [0, 0.05) is 16.9 Å². The van der Waals surface area contributed by atoms with Crippen molar-refractivity contribution >= 4 is 17.4 Å². The molecule has 2 rings (SSSR count). The summed E-state index contributed by atoms with van der Waals surface area (Å²) in [6.45, 7) is 3.74. The Morgan fingerprint density at radius 3 is 2.67 bits per heavy atom. The number of anilines is 2. The number of hydrogen-bond acceptors (Lipinski definition) is 3. The minimum absolute atomic E-state index is 0.175. The molecule has 4 heteroatoms. The second-order valence-corrected chi connectivity index (χ2v) is 4.19. The van der Waals surface area contributed by atoms with Crippen molar-refractivity contribution in [2.45, 2.75) is 13.8 Å². The van der Waals surface area contributed by atoms with Crippen LogP contribution in [-0.2, 0) is 0 Å². The molecule has 92 valence electrons. The lowest BCUT2D eigenvalue weighted by atomic mass is 10.1. The van der Waals surface area contributed by atoms with Gasteiger partial charge in [-0.15, -0.1) is 0 Å². The van der Waals surface area contributed by atoms with E-state index in [-0.39, 0.29) is 5.91 Å². The number of aryl methyl sites for hydroxylation is 2. The molecule has 0 fully saturated rings. The van der Waals surface area contributed by atoms with Crippen molar-refractivity contribution < 1.29 is 4.79 Å². The Balaban J connectivity index is 2.22. The summed E-state index contributed by atoms with van der Waals surface area (Å²) in [5, 5.41) is 2.77. The highest BCUT2D eigenvalue weighted by Crippen LogP contribution is 2.14.